The van der Waals surface area contributed by atoms with Crippen LogP contribution in [0.4, 0.5) is 0 Å². The summed E-state index contributed by atoms with van der Waals surface area (Å²) >= 11 is 0. The lowest BCUT2D eigenvalue weighted by atomic mass is 10.1. The van der Waals surface area contributed by atoms with E-state index in [4.69, 9.17) is 9.47 Å². The van der Waals surface area contributed by atoms with Crippen LogP contribution in [0.25, 0.3) is 0 Å². The third-order valence-electron chi connectivity index (χ3n) is 4.97. The Labute approximate surface area is 186 Å². The van der Waals surface area contributed by atoms with E-state index < -0.39 is 12.6 Å². The van der Waals surface area contributed by atoms with Crippen molar-refractivity contribution in [2.24, 2.45) is 0 Å². The van der Waals surface area contributed by atoms with Crippen molar-refractivity contribution in [3.8, 4) is 5.75 Å². The largest absolute Gasteiger partial charge is 0.493 e. The maximum atomic E-state index is 12.6. The van der Waals surface area contributed by atoms with E-state index in [1.54, 1.807) is 43.3 Å². The van der Waals surface area contributed by atoms with Crippen LogP contribution in [0, 0.1) is 0 Å². The van der Waals surface area contributed by atoms with E-state index in [0.29, 0.717) is 35.6 Å². The molecular weight excluding hydrogens is 412 g/mol. The number of hydrogen-bond donors (Lipinski definition) is 1. The van der Waals surface area contributed by atoms with Gasteiger partial charge < -0.3 is 14.8 Å². The predicted molar refractivity (Wildman–Crippen MR) is 116 cm³/mol. The van der Waals surface area contributed by atoms with Crippen molar-refractivity contribution in [3.63, 3.8) is 0 Å². The summed E-state index contributed by atoms with van der Waals surface area (Å²) in [5.74, 6) is -1.56. The number of benzene rings is 2. The molecule has 0 fully saturated rings. The Morgan fingerprint density at radius 2 is 1.69 bits per heavy atom. The molecule has 1 aliphatic rings. The molecule has 168 valence electrons. The second-order valence-electron chi connectivity index (χ2n) is 7.29. The molecule has 0 unspecified atom stereocenters. The van der Waals surface area contributed by atoms with Crippen LogP contribution in [0.2, 0.25) is 0 Å². The number of carbonyl (C=O) groups excluding carboxylic acids is 4. The van der Waals surface area contributed by atoms with Crippen molar-refractivity contribution in [3.05, 3.63) is 64.7 Å². The van der Waals surface area contributed by atoms with E-state index in [1.807, 2.05) is 6.92 Å². The minimum absolute atomic E-state index is 0.00344. The van der Waals surface area contributed by atoms with Crippen LogP contribution < -0.4 is 10.1 Å². The molecule has 0 aliphatic carbocycles. The minimum atomic E-state index is -0.719. The monoisotopic (exact) mass is 438 g/mol. The van der Waals surface area contributed by atoms with Crippen LogP contribution in [0.5, 0.6) is 5.75 Å². The van der Waals surface area contributed by atoms with Gasteiger partial charge in [0.05, 0.1) is 24.3 Å². The second-order valence-corrected chi connectivity index (χ2v) is 7.29. The van der Waals surface area contributed by atoms with Crippen molar-refractivity contribution < 1.29 is 28.7 Å². The van der Waals surface area contributed by atoms with Crippen molar-refractivity contribution >= 4 is 23.7 Å². The minimum Gasteiger partial charge on any atom is -0.493 e. The summed E-state index contributed by atoms with van der Waals surface area (Å²) in [6.45, 7) is 4.23. The second kappa shape index (κ2) is 10.6. The molecule has 0 spiro atoms. The van der Waals surface area contributed by atoms with Gasteiger partial charge in [-0.25, -0.2) is 4.79 Å². The average molecular weight is 438 g/mol. The normalized spacial score (nSPS) is 12.5. The molecule has 0 atom stereocenters. The molecule has 2 aromatic carbocycles. The number of nitrogens with one attached hydrogen (secondary N) is 1. The fourth-order valence-electron chi connectivity index (χ4n) is 3.35. The van der Waals surface area contributed by atoms with Gasteiger partial charge >= 0.3 is 5.97 Å². The third kappa shape index (κ3) is 5.14. The van der Waals surface area contributed by atoms with Gasteiger partial charge in [-0.2, -0.15) is 0 Å². The maximum absolute atomic E-state index is 12.6. The lowest BCUT2D eigenvalue weighted by Gasteiger charge is -2.16. The van der Waals surface area contributed by atoms with E-state index >= 15 is 0 Å². The fourth-order valence-corrected chi connectivity index (χ4v) is 3.35. The number of rotatable bonds is 10. The van der Waals surface area contributed by atoms with Crippen LogP contribution in [0.15, 0.2) is 42.5 Å². The Morgan fingerprint density at radius 3 is 2.31 bits per heavy atom. The molecule has 0 radical (unpaired) electrons. The summed E-state index contributed by atoms with van der Waals surface area (Å²) in [6.07, 6.45) is 1.78. The Bertz CT molecular complexity index is 998. The van der Waals surface area contributed by atoms with Gasteiger partial charge in [-0.05, 0) is 43.2 Å². The Kier molecular flexibility index (Phi) is 7.59. The maximum Gasteiger partial charge on any atom is 0.342 e. The smallest absolute Gasteiger partial charge is 0.342 e. The number of imide groups is 1. The first-order chi connectivity index (χ1) is 15.5. The molecule has 3 rings (SSSR count). The molecule has 0 bridgehead atoms. The van der Waals surface area contributed by atoms with Gasteiger partial charge in [0.2, 0.25) is 0 Å². The zero-order chi connectivity index (χ0) is 23.1. The van der Waals surface area contributed by atoms with E-state index in [1.165, 1.54) is 6.07 Å². The van der Waals surface area contributed by atoms with Gasteiger partial charge in [0, 0.05) is 6.54 Å². The number of fused-ring (bicyclic) bond motifs is 1. The van der Waals surface area contributed by atoms with Crippen LogP contribution in [-0.4, -0.2) is 48.3 Å². The number of ether oxygens (including phenoxy) is 2. The molecule has 3 amide bonds. The highest BCUT2D eigenvalue weighted by molar-refractivity contribution is 6.21. The summed E-state index contributed by atoms with van der Waals surface area (Å²) in [4.78, 5) is 50.9. The highest BCUT2D eigenvalue weighted by Crippen LogP contribution is 2.27. The highest BCUT2D eigenvalue weighted by atomic mass is 16.5. The Morgan fingerprint density at radius 1 is 1.00 bits per heavy atom. The Hall–Kier alpha value is -3.68. The number of amides is 3. The van der Waals surface area contributed by atoms with Gasteiger partial charge in [-0.3, -0.25) is 19.3 Å². The van der Waals surface area contributed by atoms with E-state index in [2.05, 4.69) is 5.32 Å². The number of carbonyl (C=O) groups is 4. The molecule has 0 saturated carbocycles. The molecule has 1 heterocycles. The summed E-state index contributed by atoms with van der Waals surface area (Å²) in [5, 5.41) is 2.68. The van der Waals surface area contributed by atoms with Crippen molar-refractivity contribution in [1.29, 1.82) is 0 Å². The summed E-state index contributed by atoms with van der Waals surface area (Å²) in [5.41, 5.74) is 1.40. The quantitative estimate of drug-likeness (QED) is 0.348. The van der Waals surface area contributed by atoms with E-state index in [9.17, 15) is 19.2 Å². The van der Waals surface area contributed by atoms with Crippen molar-refractivity contribution in [2.45, 2.75) is 33.2 Å². The predicted octanol–water partition coefficient (Wildman–Crippen LogP) is 2.95. The molecule has 8 nitrogen and oxygen atoms in total. The van der Waals surface area contributed by atoms with Gasteiger partial charge in [-0.1, -0.05) is 31.5 Å². The molecular formula is C24H26N2O6. The third-order valence-corrected chi connectivity index (χ3v) is 4.97. The first kappa shape index (κ1) is 23.0. The highest BCUT2D eigenvalue weighted by Gasteiger charge is 2.35. The fraction of sp³-hybridized carbons (Fsp3) is 0.333. The molecule has 1 N–H and O–H groups in total. The van der Waals surface area contributed by atoms with Gasteiger partial charge in [0.1, 0.15) is 11.3 Å². The average Bonchev–Trinajstić information content (AvgIpc) is 3.04. The summed E-state index contributed by atoms with van der Waals surface area (Å²) in [7, 11) is 0. The van der Waals surface area contributed by atoms with Crippen LogP contribution in [0.3, 0.4) is 0 Å². The molecule has 0 saturated heterocycles. The van der Waals surface area contributed by atoms with Crippen LogP contribution in [0.1, 0.15) is 63.3 Å². The molecule has 0 aromatic heterocycles. The molecule has 2 aromatic rings. The molecule has 32 heavy (non-hydrogen) atoms. The topological polar surface area (TPSA) is 102 Å². The number of nitrogens with zero attached hydrogens (tertiary/aromatic N) is 1. The first-order valence-corrected chi connectivity index (χ1v) is 10.6. The van der Waals surface area contributed by atoms with Crippen LogP contribution >= 0.6 is 0 Å². The standard InChI is InChI=1S/C24H26N2O6/c1-3-5-12-25-21(27)15-32-24(30)19-13-16(10-11-20(19)31-4-2)14-26-22(28)17-8-6-7-9-18(17)23(26)29/h6-11,13H,3-5,12,14-15H2,1-2H3,(H,25,27). The zero-order valence-corrected chi connectivity index (χ0v) is 18.2. The molecule has 1 aliphatic heterocycles. The summed E-state index contributed by atoms with van der Waals surface area (Å²) in [6, 6.07) is 11.4. The lowest BCUT2D eigenvalue weighted by Crippen LogP contribution is -2.30. The zero-order valence-electron chi connectivity index (χ0n) is 18.2. The van der Waals surface area contributed by atoms with Crippen molar-refractivity contribution in [2.75, 3.05) is 19.8 Å². The SMILES string of the molecule is CCCCNC(=O)COC(=O)c1cc(CN2C(=O)c3ccccc3C2=O)ccc1OCC. The van der Waals surface area contributed by atoms with E-state index in [0.717, 1.165) is 17.7 Å². The first-order valence-electron chi connectivity index (χ1n) is 10.6. The van der Waals surface area contributed by atoms with E-state index in [-0.39, 0.29) is 29.8 Å². The number of hydrogen-bond acceptors (Lipinski definition) is 6. The van der Waals surface area contributed by atoms with Crippen LogP contribution in [-0.2, 0) is 16.1 Å². The molecule has 8 heteroatoms. The lowest BCUT2D eigenvalue weighted by molar-refractivity contribution is -0.124. The van der Waals surface area contributed by atoms with Gasteiger partial charge in [0.15, 0.2) is 6.61 Å². The van der Waals surface area contributed by atoms with Gasteiger partial charge in [-0.15, -0.1) is 0 Å². The number of esters is 1. The van der Waals surface area contributed by atoms with Crippen molar-refractivity contribution in [1.82, 2.24) is 10.2 Å². The Balaban J connectivity index is 1.73. The van der Waals surface area contributed by atoms with Gasteiger partial charge in [0.25, 0.3) is 17.7 Å². The summed E-state index contributed by atoms with van der Waals surface area (Å²) < 4.78 is 10.7. The number of unbranched alkanes of at least 4 members (excludes halogenated alkanes) is 1.